The molecule has 2 aromatic carbocycles. The zero-order valence-corrected chi connectivity index (χ0v) is 21.9. The van der Waals surface area contributed by atoms with E-state index in [0.717, 1.165) is 22.3 Å². The summed E-state index contributed by atoms with van der Waals surface area (Å²) in [5, 5.41) is 0.505. The summed E-state index contributed by atoms with van der Waals surface area (Å²) in [6.07, 6.45) is -4.10. The smallest absolute Gasteiger partial charge is 0.425 e. The van der Waals surface area contributed by atoms with Gasteiger partial charge in [-0.05, 0) is 36.2 Å². The lowest BCUT2D eigenvalue weighted by Crippen LogP contribution is -2.39. The molecule has 1 aliphatic heterocycles. The summed E-state index contributed by atoms with van der Waals surface area (Å²) >= 11 is 6.01. The average molecular weight is 581 g/mol. The van der Waals surface area contributed by atoms with Crippen molar-refractivity contribution in [1.82, 2.24) is 19.1 Å². The van der Waals surface area contributed by atoms with Crippen LogP contribution in [-0.2, 0) is 22.6 Å². The molecule has 2 aromatic heterocycles. The van der Waals surface area contributed by atoms with E-state index in [2.05, 4.69) is 14.7 Å². The summed E-state index contributed by atoms with van der Waals surface area (Å²) in [7, 11) is 0. The Labute approximate surface area is 229 Å². The van der Waals surface area contributed by atoms with E-state index in [4.69, 9.17) is 25.8 Å². The van der Waals surface area contributed by atoms with Crippen molar-refractivity contribution in [3.8, 4) is 17.5 Å². The molecular weight excluding hydrogens is 557 g/mol. The lowest BCUT2D eigenvalue weighted by atomic mass is 10.1. The molecule has 10 nitrogen and oxygen atoms in total. The Morgan fingerprint density at radius 1 is 1.07 bits per heavy atom. The topological polar surface area (TPSA) is 110 Å². The van der Waals surface area contributed by atoms with Crippen LogP contribution >= 0.6 is 11.6 Å². The van der Waals surface area contributed by atoms with Gasteiger partial charge in [0.1, 0.15) is 11.5 Å². The number of fused-ring (bicyclic) bond motifs is 1. The quantitative estimate of drug-likeness (QED) is 0.302. The summed E-state index contributed by atoms with van der Waals surface area (Å²) in [6.45, 7) is 2.82. The summed E-state index contributed by atoms with van der Waals surface area (Å²) in [4.78, 5) is 33.5. The number of aromatic amines is 1. The van der Waals surface area contributed by atoms with Gasteiger partial charge in [-0.25, -0.2) is 4.79 Å². The maximum atomic E-state index is 13.7. The zero-order chi connectivity index (χ0) is 28.5. The van der Waals surface area contributed by atoms with Gasteiger partial charge in [-0.1, -0.05) is 36.7 Å². The van der Waals surface area contributed by atoms with Gasteiger partial charge in [-0.3, -0.25) is 18.9 Å². The van der Waals surface area contributed by atoms with Crippen molar-refractivity contribution in [2.24, 2.45) is 0 Å². The van der Waals surface area contributed by atoms with Gasteiger partial charge in [0, 0.05) is 24.1 Å². The number of aromatic nitrogens is 4. The normalized spacial score (nSPS) is 15.0. The summed E-state index contributed by atoms with van der Waals surface area (Å²) < 4.78 is 61.9. The SMILES string of the molecule is CCC1(CCn2c(=O)[nH]c3nc(Oc4cccc(OC(F)(F)F)c4)n(Cc4ccc(Cl)cc4)c3c2=O)OCCO1. The molecule has 4 aromatic rings. The largest absolute Gasteiger partial charge is 0.573 e. The number of nitrogens with one attached hydrogen (secondary N) is 1. The van der Waals surface area contributed by atoms with Crippen LogP contribution in [0.25, 0.3) is 11.2 Å². The Morgan fingerprint density at radius 3 is 2.45 bits per heavy atom. The molecule has 1 fully saturated rings. The second kappa shape index (κ2) is 11.0. The second-order valence-corrected chi connectivity index (χ2v) is 9.46. The van der Waals surface area contributed by atoms with Crippen LogP contribution in [-0.4, -0.2) is 44.5 Å². The predicted molar refractivity (Wildman–Crippen MR) is 138 cm³/mol. The molecule has 3 heterocycles. The first-order chi connectivity index (χ1) is 19.1. The molecule has 1 aliphatic rings. The molecular formula is C26H24ClF3N4O6. The first-order valence-corrected chi connectivity index (χ1v) is 12.7. The van der Waals surface area contributed by atoms with Crippen LogP contribution in [0, 0.1) is 0 Å². The standard InChI is InChI=1S/C26H24ClF3N4O6/c1-2-25(37-12-13-38-25)10-11-33-22(35)20-21(31-23(33)36)32-24(34(20)15-16-6-8-17(27)9-7-16)39-18-4-3-5-19(14-18)40-26(28,29)30/h3-9,14H,2,10-13,15H2,1H3,(H,31,36). The van der Waals surface area contributed by atoms with E-state index in [9.17, 15) is 22.8 Å². The van der Waals surface area contributed by atoms with Crippen molar-refractivity contribution in [2.75, 3.05) is 13.2 Å². The van der Waals surface area contributed by atoms with E-state index in [-0.39, 0.29) is 42.4 Å². The van der Waals surface area contributed by atoms with E-state index in [1.807, 2.05) is 6.92 Å². The summed E-state index contributed by atoms with van der Waals surface area (Å²) in [5.74, 6) is -1.41. The van der Waals surface area contributed by atoms with Crippen molar-refractivity contribution < 1.29 is 32.1 Å². The van der Waals surface area contributed by atoms with E-state index in [1.165, 1.54) is 16.7 Å². The monoisotopic (exact) mass is 580 g/mol. The molecule has 0 aliphatic carbocycles. The Hall–Kier alpha value is -3.81. The van der Waals surface area contributed by atoms with Gasteiger partial charge in [0.2, 0.25) is 0 Å². The molecule has 0 bridgehead atoms. The third kappa shape index (κ3) is 6.01. The number of imidazole rings is 1. The van der Waals surface area contributed by atoms with Crippen LogP contribution in [0.15, 0.2) is 58.1 Å². The summed E-state index contributed by atoms with van der Waals surface area (Å²) in [5.41, 5.74) is -0.612. The van der Waals surface area contributed by atoms with Gasteiger partial charge in [0.05, 0.1) is 19.8 Å². The maximum Gasteiger partial charge on any atom is 0.573 e. The minimum Gasteiger partial charge on any atom is -0.425 e. The fourth-order valence-electron chi connectivity index (χ4n) is 4.47. The number of ether oxygens (including phenoxy) is 4. The Kier molecular flexibility index (Phi) is 7.62. The highest BCUT2D eigenvalue weighted by Gasteiger charge is 2.35. The number of alkyl halides is 3. The molecule has 0 atom stereocenters. The van der Waals surface area contributed by atoms with Gasteiger partial charge in [-0.2, -0.15) is 4.98 Å². The lowest BCUT2D eigenvalue weighted by molar-refractivity contribution is -0.274. The van der Waals surface area contributed by atoms with E-state index >= 15 is 0 Å². The number of halogens is 4. The first-order valence-electron chi connectivity index (χ1n) is 12.4. The number of hydrogen-bond acceptors (Lipinski definition) is 7. The number of H-pyrrole nitrogens is 1. The molecule has 1 saturated heterocycles. The van der Waals surface area contributed by atoms with Crippen molar-refractivity contribution in [3.05, 3.63) is 80.0 Å². The molecule has 1 N–H and O–H groups in total. The Morgan fingerprint density at radius 2 is 1.77 bits per heavy atom. The molecule has 0 spiro atoms. The van der Waals surface area contributed by atoms with Crippen LogP contribution in [0.4, 0.5) is 13.2 Å². The molecule has 212 valence electrons. The lowest BCUT2D eigenvalue weighted by Gasteiger charge is -2.25. The summed E-state index contributed by atoms with van der Waals surface area (Å²) in [6, 6.07) is 11.5. The van der Waals surface area contributed by atoms with Crippen LogP contribution in [0.1, 0.15) is 25.3 Å². The molecule has 14 heteroatoms. The highest BCUT2D eigenvalue weighted by molar-refractivity contribution is 6.30. The van der Waals surface area contributed by atoms with E-state index in [0.29, 0.717) is 24.7 Å². The van der Waals surface area contributed by atoms with Gasteiger partial charge >= 0.3 is 18.1 Å². The minimum atomic E-state index is -4.89. The number of hydrogen-bond donors (Lipinski definition) is 1. The average Bonchev–Trinajstić information content (AvgIpc) is 3.50. The zero-order valence-electron chi connectivity index (χ0n) is 21.2. The van der Waals surface area contributed by atoms with Gasteiger partial charge in [-0.15, -0.1) is 13.2 Å². The maximum absolute atomic E-state index is 13.7. The molecule has 40 heavy (non-hydrogen) atoms. The molecule has 0 saturated carbocycles. The number of benzene rings is 2. The van der Waals surface area contributed by atoms with Crippen LogP contribution in [0.5, 0.6) is 17.5 Å². The minimum absolute atomic E-state index is 0.0110. The van der Waals surface area contributed by atoms with Gasteiger partial charge in [0.25, 0.3) is 5.56 Å². The second-order valence-electron chi connectivity index (χ2n) is 9.03. The highest BCUT2D eigenvalue weighted by Crippen LogP contribution is 2.30. The van der Waals surface area contributed by atoms with Crippen LogP contribution < -0.4 is 20.7 Å². The van der Waals surface area contributed by atoms with Crippen molar-refractivity contribution >= 4 is 22.8 Å². The Bertz CT molecular complexity index is 1620. The predicted octanol–water partition coefficient (Wildman–Crippen LogP) is 4.82. The van der Waals surface area contributed by atoms with Crippen molar-refractivity contribution in [3.63, 3.8) is 0 Å². The Balaban J connectivity index is 1.56. The molecule has 0 unspecified atom stereocenters. The van der Waals surface area contributed by atoms with Crippen LogP contribution in [0.3, 0.4) is 0 Å². The van der Waals surface area contributed by atoms with Crippen LogP contribution in [0.2, 0.25) is 5.02 Å². The van der Waals surface area contributed by atoms with Gasteiger partial charge < -0.3 is 18.9 Å². The van der Waals surface area contributed by atoms with Crippen molar-refractivity contribution in [1.29, 1.82) is 0 Å². The molecule has 0 amide bonds. The van der Waals surface area contributed by atoms with E-state index < -0.39 is 29.1 Å². The number of rotatable bonds is 9. The fraction of sp³-hybridized carbons (Fsp3) is 0.346. The number of nitrogens with zero attached hydrogens (tertiary/aromatic N) is 3. The fourth-order valence-corrected chi connectivity index (χ4v) is 4.60. The van der Waals surface area contributed by atoms with Crippen molar-refractivity contribution in [2.45, 2.75) is 45.0 Å². The molecule has 0 radical (unpaired) electrons. The van der Waals surface area contributed by atoms with E-state index in [1.54, 1.807) is 24.3 Å². The first kappa shape index (κ1) is 27.7. The molecule has 5 rings (SSSR count). The van der Waals surface area contributed by atoms with Gasteiger partial charge in [0.15, 0.2) is 17.0 Å². The third-order valence-corrected chi connectivity index (χ3v) is 6.67. The highest BCUT2D eigenvalue weighted by atomic mass is 35.5. The third-order valence-electron chi connectivity index (χ3n) is 6.42.